The number of benzene rings is 1. The van der Waals surface area contributed by atoms with Gasteiger partial charge in [0.25, 0.3) is 0 Å². The van der Waals surface area contributed by atoms with Crippen LogP contribution in [0.15, 0.2) is 18.2 Å². The Bertz CT molecular complexity index is 739. The molecule has 1 aromatic rings. The molecule has 0 aromatic heterocycles. The number of hydrogen-bond acceptors (Lipinski definition) is 4. The Hall–Kier alpha value is -1.75. The van der Waals surface area contributed by atoms with Crippen molar-refractivity contribution in [1.82, 2.24) is 9.80 Å². The lowest BCUT2D eigenvalue weighted by molar-refractivity contribution is -0.143. The van der Waals surface area contributed by atoms with Crippen molar-refractivity contribution in [2.75, 3.05) is 26.4 Å². The van der Waals surface area contributed by atoms with Crippen LogP contribution in [0, 0.1) is 11.8 Å². The first-order valence-electron chi connectivity index (χ1n) is 10.2. The number of ether oxygens (including phenoxy) is 2. The maximum Gasteiger partial charge on any atom is 0.231 e. The van der Waals surface area contributed by atoms with Crippen molar-refractivity contribution >= 4 is 5.91 Å². The van der Waals surface area contributed by atoms with Crippen molar-refractivity contribution < 1.29 is 14.3 Å². The standard InChI is InChI=1S/C21H26N2O3/c24-21(14-2-1-3-14)23-11-16(15-4-5-17-18(10-15)26-12-25-17)20-19(23)13-6-8-22(20)9-7-13/h4-5,10,13-14,16,19-20H,1-3,6-9,11-12H2/t16-,19+,20+/m1/s1. The van der Waals surface area contributed by atoms with Gasteiger partial charge in [-0.2, -0.15) is 0 Å². The molecule has 138 valence electrons. The first kappa shape index (κ1) is 15.3. The maximum absolute atomic E-state index is 13.2. The molecule has 5 aliphatic heterocycles. The minimum atomic E-state index is 0.293. The molecule has 4 saturated heterocycles. The lowest BCUT2D eigenvalue weighted by Gasteiger charge is -2.51. The highest BCUT2D eigenvalue weighted by Gasteiger charge is 2.55. The van der Waals surface area contributed by atoms with Gasteiger partial charge in [0.2, 0.25) is 12.7 Å². The van der Waals surface area contributed by atoms with Gasteiger partial charge < -0.3 is 14.4 Å². The fourth-order valence-corrected chi connectivity index (χ4v) is 6.00. The van der Waals surface area contributed by atoms with Gasteiger partial charge in [-0.05, 0) is 62.4 Å². The van der Waals surface area contributed by atoms with Crippen LogP contribution in [0.2, 0.25) is 0 Å². The molecule has 5 fully saturated rings. The van der Waals surface area contributed by atoms with E-state index in [1.807, 2.05) is 6.07 Å². The Morgan fingerprint density at radius 1 is 1.00 bits per heavy atom. The van der Waals surface area contributed by atoms with Crippen LogP contribution in [-0.4, -0.2) is 54.2 Å². The zero-order valence-electron chi connectivity index (χ0n) is 15.1. The molecular weight excluding hydrogens is 328 g/mol. The Kier molecular flexibility index (Phi) is 3.31. The van der Waals surface area contributed by atoms with Gasteiger partial charge in [-0.3, -0.25) is 9.69 Å². The normalized spacial score (nSPS) is 37.5. The van der Waals surface area contributed by atoms with E-state index in [1.54, 1.807) is 0 Å². The van der Waals surface area contributed by atoms with Crippen LogP contribution in [0.3, 0.4) is 0 Å². The van der Waals surface area contributed by atoms with Gasteiger partial charge in [0.1, 0.15) is 0 Å². The van der Waals surface area contributed by atoms with Crippen molar-refractivity contribution in [1.29, 1.82) is 0 Å². The predicted octanol–water partition coefficient (Wildman–Crippen LogP) is 2.60. The number of rotatable bonds is 2. The molecule has 5 nitrogen and oxygen atoms in total. The third-order valence-electron chi connectivity index (χ3n) is 7.56. The molecule has 1 aliphatic carbocycles. The first-order chi connectivity index (χ1) is 12.8. The van der Waals surface area contributed by atoms with Crippen LogP contribution in [0.4, 0.5) is 0 Å². The summed E-state index contributed by atoms with van der Waals surface area (Å²) in [6.45, 7) is 3.57. The van der Waals surface area contributed by atoms with E-state index in [1.165, 1.54) is 37.9 Å². The smallest absolute Gasteiger partial charge is 0.231 e. The molecule has 5 heterocycles. The summed E-state index contributed by atoms with van der Waals surface area (Å²) in [6.07, 6.45) is 5.91. The van der Waals surface area contributed by atoms with Crippen molar-refractivity contribution in [2.45, 2.75) is 50.1 Å². The molecule has 1 amide bonds. The van der Waals surface area contributed by atoms with Gasteiger partial charge in [-0.1, -0.05) is 12.5 Å². The Balaban J connectivity index is 1.36. The number of carbonyl (C=O) groups excluding carboxylic acids is 1. The minimum absolute atomic E-state index is 0.293. The highest BCUT2D eigenvalue weighted by atomic mass is 16.7. The van der Waals surface area contributed by atoms with Gasteiger partial charge >= 0.3 is 0 Å². The molecule has 0 unspecified atom stereocenters. The van der Waals surface area contributed by atoms with E-state index in [4.69, 9.17) is 9.47 Å². The number of likely N-dealkylation sites (tertiary alicyclic amines) is 1. The molecule has 3 atom stereocenters. The van der Waals surface area contributed by atoms with Gasteiger partial charge in [0.15, 0.2) is 11.5 Å². The third kappa shape index (κ3) is 2.10. The summed E-state index contributed by atoms with van der Waals surface area (Å²) in [6, 6.07) is 7.29. The minimum Gasteiger partial charge on any atom is -0.454 e. The van der Waals surface area contributed by atoms with E-state index in [-0.39, 0.29) is 0 Å². The largest absolute Gasteiger partial charge is 0.454 e. The number of carbonyl (C=O) groups is 1. The number of nitrogens with zero attached hydrogens (tertiary/aromatic N) is 2. The highest BCUT2D eigenvalue weighted by molar-refractivity contribution is 5.80. The van der Waals surface area contributed by atoms with Crippen LogP contribution in [-0.2, 0) is 4.79 Å². The summed E-state index contributed by atoms with van der Waals surface area (Å²) >= 11 is 0. The fourth-order valence-electron chi connectivity index (χ4n) is 6.00. The van der Waals surface area contributed by atoms with E-state index >= 15 is 0 Å². The Morgan fingerprint density at radius 2 is 1.81 bits per heavy atom. The second kappa shape index (κ2) is 5.62. The molecule has 7 rings (SSSR count). The topological polar surface area (TPSA) is 42.0 Å². The molecular formula is C21H26N2O3. The molecule has 0 spiro atoms. The summed E-state index contributed by atoms with van der Waals surface area (Å²) in [4.78, 5) is 18.1. The lowest BCUT2D eigenvalue weighted by atomic mass is 9.75. The molecule has 2 bridgehead atoms. The average Bonchev–Trinajstić information content (AvgIpc) is 3.26. The SMILES string of the molecule is O=C(C1CCC1)N1C[C@H](c2ccc3c(c2)OCO3)[C@H]2[C@@H]1C1CCN2CC1. The average molecular weight is 354 g/mol. The van der Waals surface area contributed by atoms with E-state index < -0.39 is 0 Å². The van der Waals surface area contributed by atoms with E-state index in [0.29, 0.717) is 42.5 Å². The van der Waals surface area contributed by atoms with Crippen molar-refractivity contribution in [3.8, 4) is 11.5 Å². The number of amides is 1. The van der Waals surface area contributed by atoms with Gasteiger partial charge in [-0.25, -0.2) is 0 Å². The predicted molar refractivity (Wildman–Crippen MR) is 96.2 cm³/mol. The molecule has 5 heteroatoms. The van der Waals surface area contributed by atoms with Gasteiger partial charge in [0.05, 0.1) is 6.04 Å². The number of piperidine rings is 3. The fraction of sp³-hybridized carbons (Fsp3) is 0.667. The van der Waals surface area contributed by atoms with Crippen LogP contribution >= 0.6 is 0 Å². The van der Waals surface area contributed by atoms with Crippen LogP contribution < -0.4 is 9.47 Å². The van der Waals surface area contributed by atoms with Crippen molar-refractivity contribution in [3.63, 3.8) is 0 Å². The number of fused-ring (bicyclic) bond motifs is 3. The second-order valence-corrected chi connectivity index (χ2v) is 8.69. The van der Waals surface area contributed by atoms with E-state index in [9.17, 15) is 4.79 Å². The molecule has 0 radical (unpaired) electrons. The van der Waals surface area contributed by atoms with Gasteiger partial charge in [-0.15, -0.1) is 0 Å². The number of hydrogen-bond donors (Lipinski definition) is 0. The summed E-state index contributed by atoms with van der Waals surface area (Å²) in [7, 11) is 0. The third-order valence-corrected chi connectivity index (χ3v) is 7.56. The monoisotopic (exact) mass is 354 g/mol. The summed E-state index contributed by atoms with van der Waals surface area (Å²) in [5.74, 6) is 3.51. The summed E-state index contributed by atoms with van der Waals surface area (Å²) in [5, 5.41) is 0. The molecule has 0 N–H and O–H groups in total. The Morgan fingerprint density at radius 3 is 2.58 bits per heavy atom. The Labute approximate surface area is 154 Å². The van der Waals surface area contributed by atoms with Crippen molar-refractivity contribution in [3.05, 3.63) is 23.8 Å². The van der Waals surface area contributed by atoms with E-state index in [2.05, 4.69) is 21.9 Å². The quantitative estimate of drug-likeness (QED) is 0.819. The van der Waals surface area contributed by atoms with Gasteiger partial charge in [0, 0.05) is 24.4 Å². The summed E-state index contributed by atoms with van der Waals surface area (Å²) < 4.78 is 11.1. The van der Waals surface area contributed by atoms with Crippen LogP contribution in [0.1, 0.15) is 43.6 Å². The second-order valence-electron chi connectivity index (χ2n) is 8.69. The molecule has 6 aliphatic rings. The molecule has 1 saturated carbocycles. The van der Waals surface area contributed by atoms with E-state index in [0.717, 1.165) is 30.9 Å². The molecule has 1 aromatic carbocycles. The maximum atomic E-state index is 13.2. The highest BCUT2D eigenvalue weighted by Crippen LogP contribution is 2.48. The lowest BCUT2D eigenvalue weighted by Crippen LogP contribution is -2.61. The zero-order valence-corrected chi connectivity index (χ0v) is 15.1. The zero-order chi connectivity index (χ0) is 17.3. The first-order valence-corrected chi connectivity index (χ1v) is 10.2. The van der Waals surface area contributed by atoms with Crippen molar-refractivity contribution in [2.24, 2.45) is 11.8 Å². The summed E-state index contributed by atoms with van der Waals surface area (Å²) in [5.41, 5.74) is 1.31. The van der Waals surface area contributed by atoms with Crippen LogP contribution in [0.25, 0.3) is 0 Å². The molecule has 26 heavy (non-hydrogen) atoms. The van der Waals surface area contributed by atoms with Crippen LogP contribution in [0.5, 0.6) is 11.5 Å².